The molecule has 5 heteroatoms. The topological polar surface area (TPSA) is 58.6 Å². The van der Waals surface area contributed by atoms with Crippen molar-refractivity contribution in [2.24, 2.45) is 5.92 Å². The maximum atomic E-state index is 12.5. The maximum Gasteiger partial charge on any atom is 0.223 e. The summed E-state index contributed by atoms with van der Waals surface area (Å²) in [5.41, 5.74) is 0. The van der Waals surface area contributed by atoms with Crippen molar-refractivity contribution in [2.45, 2.75) is 38.1 Å². The van der Waals surface area contributed by atoms with Crippen LogP contribution in [0.5, 0.6) is 0 Å². The average Bonchev–Trinajstić information content (AvgIpc) is 3.03. The molecule has 0 bridgehead atoms. The third kappa shape index (κ3) is 3.13. The van der Waals surface area contributed by atoms with E-state index in [0.717, 1.165) is 36.8 Å². The molecule has 2 aliphatic rings. The van der Waals surface area contributed by atoms with Gasteiger partial charge in [-0.2, -0.15) is 0 Å². The van der Waals surface area contributed by atoms with Crippen LogP contribution in [0.4, 0.5) is 0 Å². The molecule has 0 unspecified atom stereocenters. The van der Waals surface area contributed by atoms with Gasteiger partial charge in [-0.15, -0.1) is 0 Å². The van der Waals surface area contributed by atoms with Crippen molar-refractivity contribution in [3.8, 4) is 0 Å². The van der Waals surface area contributed by atoms with Crippen molar-refractivity contribution >= 4 is 5.91 Å². The summed E-state index contributed by atoms with van der Waals surface area (Å²) < 4.78 is 11.3. The first-order valence-corrected chi connectivity index (χ1v) is 8.84. The standard InChI is InChI=1S/C19H24N2O3/c1-13-6-7-18(24-13)16(21-8-2-3-9-21)12-20-19(22)15-11-14(15)17-5-4-10-23-17/h4-7,10,14-16H,2-3,8-9,11-12H2,1H3,(H,20,22)/t14-,15+,16+/m0/s1. The van der Waals surface area contributed by atoms with Crippen molar-refractivity contribution in [3.05, 3.63) is 47.8 Å². The number of hydrogen-bond donors (Lipinski definition) is 1. The predicted octanol–water partition coefficient (Wildman–Crippen LogP) is 3.24. The van der Waals surface area contributed by atoms with Crippen LogP contribution in [0.3, 0.4) is 0 Å². The largest absolute Gasteiger partial charge is 0.469 e. The number of carbonyl (C=O) groups is 1. The van der Waals surface area contributed by atoms with Crippen LogP contribution in [-0.2, 0) is 4.79 Å². The third-order valence-electron chi connectivity index (χ3n) is 5.18. The second-order valence-electron chi connectivity index (χ2n) is 6.92. The number of nitrogens with one attached hydrogen (secondary N) is 1. The van der Waals surface area contributed by atoms with Crippen molar-refractivity contribution in [1.82, 2.24) is 10.2 Å². The summed E-state index contributed by atoms with van der Waals surface area (Å²) in [6, 6.07) is 7.99. The van der Waals surface area contributed by atoms with Crippen LogP contribution >= 0.6 is 0 Å². The highest BCUT2D eigenvalue weighted by molar-refractivity contribution is 5.82. The van der Waals surface area contributed by atoms with E-state index in [2.05, 4.69) is 10.2 Å². The Labute approximate surface area is 142 Å². The molecule has 3 atom stereocenters. The third-order valence-corrected chi connectivity index (χ3v) is 5.18. The molecule has 5 nitrogen and oxygen atoms in total. The Balaban J connectivity index is 1.37. The van der Waals surface area contributed by atoms with E-state index in [0.29, 0.717) is 6.54 Å². The van der Waals surface area contributed by atoms with Crippen molar-refractivity contribution in [2.75, 3.05) is 19.6 Å². The summed E-state index contributed by atoms with van der Waals surface area (Å²) in [6.45, 7) is 4.70. The van der Waals surface area contributed by atoms with Gasteiger partial charge >= 0.3 is 0 Å². The van der Waals surface area contributed by atoms with E-state index in [-0.39, 0.29) is 23.8 Å². The van der Waals surface area contributed by atoms with E-state index >= 15 is 0 Å². The van der Waals surface area contributed by atoms with Crippen LogP contribution in [0.25, 0.3) is 0 Å². The minimum atomic E-state index is 0.0497. The Morgan fingerprint density at radius 1 is 1.33 bits per heavy atom. The molecule has 2 aromatic rings. The van der Waals surface area contributed by atoms with Crippen molar-refractivity contribution in [1.29, 1.82) is 0 Å². The summed E-state index contributed by atoms with van der Waals surface area (Å²) in [5.74, 6) is 3.22. The molecular weight excluding hydrogens is 304 g/mol. The smallest absolute Gasteiger partial charge is 0.223 e. The number of amides is 1. The van der Waals surface area contributed by atoms with Crippen LogP contribution < -0.4 is 5.32 Å². The van der Waals surface area contributed by atoms with Crippen LogP contribution in [0, 0.1) is 12.8 Å². The van der Waals surface area contributed by atoms with E-state index in [1.165, 1.54) is 12.8 Å². The lowest BCUT2D eigenvalue weighted by atomic mass is 10.2. The monoisotopic (exact) mass is 328 g/mol. The van der Waals surface area contributed by atoms with Gasteiger partial charge < -0.3 is 14.2 Å². The van der Waals surface area contributed by atoms with Gasteiger partial charge in [0.15, 0.2) is 0 Å². The quantitative estimate of drug-likeness (QED) is 0.884. The zero-order valence-electron chi connectivity index (χ0n) is 14.0. The van der Waals surface area contributed by atoms with Crippen molar-refractivity contribution < 1.29 is 13.6 Å². The normalized spacial score (nSPS) is 24.9. The number of rotatable bonds is 6. The predicted molar refractivity (Wildman–Crippen MR) is 89.6 cm³/mol. The van der Waals surface area contributed by atoms with E-state index in [1.807, 2.05) is 31.2 Å². The fraction of sp³-hybridized carbons (Fsp3) is 0.526. The molecule has 1 aliphatic heterocycles. The molecule has 1 amide bonds. The summed E-state index contributed by atoms with van der Waals surface area (Å²) in [4.78, 5) is 14.9. The van der Waals surface area contributed by atoms with Gasteiger partial charge in [0.25, 0.3) is 0 Å². The molecule has 0 aromatic carbocycles. The first-order valence-electron chi connectivity index (χ1n) is 8.84. The van der Waals surface area contributed by atoms with Gasteiger partial charge in [-0.3, -0.25) is 9.69 Å². The molecule has 2 fully saturated rings. The van der Waals surface area contributed by atoms with E-state index in [9.17, 15) is 4.79 Å². The molecule has 1 N–H and O–H groups in total. The van der Waals surface area contributed by atoms with Gasteiger partial charge in [-0.05, 0) is 63.5 Å². The van der Waals surface area contributed by atoms with Gasteiger partial charge in [0, 0.05) is 18.4 Å². The Bertz CT molecular complexity index is 685. The molecule has 128 valence electrons. The molecule has 4 rings (SSSR count). The second kappa shape index (κ2) is 6.48. The summed E-state index contributed by atoms with van der Waals surface area (Å²) in [7, 11) is 0. The highest BCUT2D eigenvalue weighted by Gasteiger charge is 2.46. The van der Waals surface area contributed by atoms with Crippen LogP contribution in [0.15, 0.2) is 39.4 Å². The van der Waals surface area contributed by atoms with Gasteiger partial charge in [0.1, 0.15) is 17.3 Å². The zero-order chi connectivity index (χ0) is 16.5. The maximum absolute atomic E-state index is 12.5. The van der Waals surface area contributed by atoms with Crippen molar-refractivity contribution in [3.63, 3.8) is 0 Å². The van der Waals surface area contributed by atoms with Crippen LogP contribution in [0.1, 0.15) is 48.5 Å². The van der Waals surface area contributed by atoms with Gasteiger partial charge in [0.2, 0.25) is 5.91 Å². The Kier molecular flexibility index (Phi) is 4.19. The number of likely N-dealkylation sites (tertiary alicyclic amines) is 1. The number of carbonyl (C=O) groups excluding carboxylic acids is 1. The van der Waals surface area contributed by atoms with E-state index in [4.69, 9.17) is 8.83 Å². The molecular formula is C19H24N2O3. The second-order valence-corrected chi connectivity index (χ2v) is 6.92. The van der Waals surface area contributed by atoms with Gasteiger partial charge in [-0.1, -0.05) is 0 Å². The highest BCUT2D eigenvalue weighted by Crippen LogP contribution is 2.47. The zero-order valence-corrected chi connectivity index (χ0v) is 14.0. The lowest BCUT2D eigenvalue weighted by Crippen LogP contribution is -2.37. The van der Waals surface area contributed by atoms with Gasteiger partial charge in [0.05, 0.1) is 12.3 Å². The van der Waals surface area contributed by atoms with E-state index in [1.54, 1.807) is 6.26 Å². The summed E-state index contributed by atoms with van der Waals surface area (Å²) in [6.07, 6.45) is 4.99. The highest BCUT2D eigenvalue weighted by atomic mass is 16.3. The molecule has 24 heavy (non-hydrogen) atoms. The molecule has 1 aliphatic carbocycles. The molecule has 1 saturated carbocycles. The first kappa shape index (κ1) is 15.5. The molecule has 2 aromatic heterocycles. The Morgan fingerprint density at radius 2 is 2.17 bits per heavy atom. The number of furan rings is 2. The first-order chi connectivity index (χ1) is 11.7. The molecule has 1 saturated heterocycles. The lowest BCUT2D eigenvalue weighted by molar-refractivity contribution is -0.122. The summed E-state index contributed by atoms with van der Waals surface area (Å²) in [5, 5.41) is 3.14. The molecule has 0 radical (unpaired) electrons. The fourth-order valence-electron chi connectivity index (χ4n) is 3.73. The Hall–Kier alpha value is -2.01. The van der Waals surface area contributed by atoms with Crippen LogP contribution in [0.2, 0.25) is 0 Å². The van der Waals surface area contributed by atoms with Crippen LogP contribution in [-0.4, -0.2) is 30.4 Å². The van der Waals surface area contributed by atoms with E-state index < -0.39 is 0 Å². The van der Waals surface area contributed by atoms with Gasteiger partial charge in [-0.25, -0.2) is 0 Å². The fourth-order valence-corrected chi connectivity index (χ4v) is 3.73. The SMILES string of the molecule is Cc1ccc([C@@H](CNC(=O)[C@@H]2C[C@@H]2c2ccco2)N2CCCC2)o1. The average molecular weight is 328 g/mol. The lowest BCUT2D eigenvalue weighted by Gasteiger charge is -2.26. The minimum absolute atomic E-state index is 0.0497. The number of aryl methyl sites for hydroxylation is 1. The Morgan fingerprint density at radius 3 is 2.83 bits per heavy atom. The molecule has 3 heterocycles. The number of nitrogens with zero attached hydrogens (tertiary/aromatic N) is 1. The number of hydrogen-bond acceptors (Lipinski definition) is 4. The summed E-state index contributed by atoms with van der Waals surface area (Å²) >= 11 is 0. The minimum Gasteiger partial charge on any atom is -0.469 e. The molecule has 0 spiro atoms.